The summed E-state index contributed by atoms with van der Waals surface area (Å²) in [5, 5.41) is 1.10. The van der Waals surface area contributed by atoms with Crippen molar-refractivity contribution in [1.29, 1.82) is 0 Å². The average Bonchev–Trinajstić information content (AvgIpc) is 2.13. The van der Waals surface area contributed by atoms with E-state index in [1.54, 1.807) is 18.2 Å². The van der Waals surface area contributed by atoms with Crippen LogP contribution in [0.25, 0.3) is 0 Å². The summed E-state index contributed by atoms with van der Waals surface area (Å²) < 4.78 is 5.91. The minimum atomic E-state index is -0.110. The topological polar surface area (TPSA) is 35.2 Å². The highest BCUT2D eigenvalue weighted by atomic mass is 35.5. The fourth-order valence-corrected chi connectivity index (χ4v) is 2.23. The molecule has 0 fully saturated rings. The summed E-state index contributed by atoms with van der Waals surface area (Å²) >= 11 is 11.9. The summed E-state index contributed by atoms with van der Waals surface area (Å²) in [4.78, 5) is 0. The highest BCUT2D eigenvalue weighted by Crippen LogP contribution is 2.32. The first-order chi connectivity index (χ1) is 7.71. The third-order valence-corrected chi connectivity index (χ3v) is 3.01. The van der Waals surface area contributed by atoms with Gasteiger partial charge in [0.05, 0.1) is 5.02 Å². The monoisotopic (exact) mass is 275 g/mol. The number of ether oxygens (including phenoxy) is 1. The maximum absolute atomic E-state index is 6.08. The summed E-state index contributed by atoms with van der Waals surface area (Å²) in [5.41, 5.74) is 5.90. The van der Waals surface area contributed by atoms with Crippen LogP contribution in [-0.4, -0.2) is 12.1 Å². The molecular weight excluding hydrogens is 257 g/mol. The fraction of sp³-hybridized carbons (Fsp3) is 0.538. The van der Waals surface area contributed by atoms with Gasteiger partial charge in [-0.3, -0.25) is 0 Å². The second-order valence-electron chi connectivity index (χ2n) is 5.34. The van der Waals surface area contributed by atoms with E-state index in [1.807, 2.05) is 6.92 Å². The van der Waals surface area contributed by atoms with Crippen LogP contribution >= 0.6 is 23.2 Å². The van der Waals surface area contributed by atoms with E-state index < -0.39 is 0 Å². The van der Waals surface area contributed by atoms with Gasteiger partial charge >= 0.3 is 0 Å². The molecule has 0 heterocycles. The predicted molar refractivity (Wildman–Crippen MR) is 74.0 cm³/mol. The number of rotatable bonds is 3. The van der Waals surface area contributed by atoms with Crippen LogP contribution in [0, 0.1) is 5.41 Å². The lowest BCUT2D eigenvalue weighted by Crippen LogP contribution is -2.45. The van der Waals surface area contributed by atoms with Crippen LogP contribution in [-0.2, 0) is 0 Å². The normalized spacial score (nSPS) is 15.5. The predicted octanol–water partition coefficient (Wildman–Crippen LogP) is 4.13. The molecule has 1 aromatic carbocycles. The van der Waals surface area contributed by atoms with Crippen molar-refractivity contribution in [1.82, 2.24) is 0 Å². The van der Waals surface area contributed by atoms with Gasteiger partial charge in [-0.2, -0.15) is 0 Å². The van der Waals surface area contributed by atoms with Crippen LogP contribution in [0.4, 0.5) is 0 Å². The van der Waals surface area contributed by atoms with Gasteiger partial charge in [-0.05, 0) is 25.1 Å². The van der Waals surface area contributed by atoms with Crippen molar-refractivity contribution >= 4 is 23.2 Å². The van der Waals surface area contributed by atoms with Crippen LogP contribution in [0.15, 0.2) is 18.2 Å². The minimum Gasteiger partial charge on any atom is -0.487 e. The maximum atomic E-state index is 6.08. The molecule has 0 saturated heterocycles. The van der Waals surface area contributed by atoms with Crippen molar-refractivity contribution in [2.45, 2.75) is 39.8 Å². The molecule has 0 aliphatic carbocycles. The average molecular weight is 276 g/mol. The first-order valence-electron chi connectivity index (χ1n) is 5.59. The molecule has 0 saturated carbocycles. The molecule has 0 bridgehead atoms. The van der Waals surface area contributed by atoms with Crippen molar-refractivity contribution < 1.29 is 4.74 Å². The van der Waals surface area contributed by atoms with Crippen LogP contribution in [0.5, 0.6) is 5.75 Å². The Morgan fingerprint density at radius 3 is 2.24 bits per heavy atom. The SMILES string of the molecule is CC(N)C(Oc1ccc(Cl)cc1Cl)C(C)(C)C. The molecular formula is C13H19Cl2NO. The van der Waals surface area contributed by atoms with E-state index in [1.165, 1.54) is 0 Å². The Morgan fingerprint density at radius 1 is 1.24 bits per heavy atom. The van der Waals surface area contributed by atoms with E-state index in [-0.39, 0.29) is 17.6 Å². The summed E-state index contributed by atoms with van der Waals surface area (Å²) in [7, 11) is 0. The molecule has 0 spiro atoms. The lowest BCUT2D eigenvalue weighted by atomic mass is 9.85. The van der Waals surface area contributed by atoms with Crippen molar-refractivity contribution in [2.24, 2.45) is 11.1 Å². The Morgan fingerprint density at radius 2 is 1.82 bits per heavy atom. The van der Waals surface area contributed by atoms with E-state index in [0.29, 0.717) is 15.8 Å². The van der Waals surface area contributed by atoms with Gasteiger partial charge in [-0.15, -0.1) is 0 Å². The van der Waals surface area contributed by atoms with Crippen LogP contribution in [0.3, 0.4) is 0 Å². The fourth-order valence-electron chi connectivity index (χ4n) is 1.78. The van der Waals surface area contributed by atoms with Crippen molar-refractivity contribution in [2.75, 3.05) is 0 Å². The Kier molecular flexibility index (Phi) is 4.70. The van der Waals surface area contributed by atoms with Gasteiger partial charge < -0.3 is 10.5 Å². The van der Waals surface area contributed by atoms with E-state index in [9.17, 15) is 0 Å². The van der Waals surface area contributed by atoms with Crippen molar-refractivity contribution in [3.63, 3.8) is 0 Å². The number of hydrogen-bond donors (Lipinski definition) is 1. The second-order valence-corrected chi connectivity index (χ2v) is 6.18. The van der Waals surface area contributed by atoms with Crippen molar-refractivity contribution in [3.8, 4) is 5.75 Å². The molecule has 0 amide bonds. The molecule has 4 heteroatoms. The van der Waals surface area contributed by atoms with Crippen LogP contribution in [0.1, 0.15) is 27.7 Å². The number of halogens is 2. The quantitative estimate of drug-likeness (QED) is 0.900. The zero-order valence-electron chi connectivity index (χ0n) is 10.6. The Bertz CT molecular complexity index is 385. The molecule has 0 radical (unpaired) electrons. The highest BCUT2D eigenvalue weighted by Gasteiger charge is 2.30. The molecule has 2 nitrogen and oxygen atoms in total. The van der Waals surface area contributed by atoms with E-state index in [2.05, 4.69) is 20.8 Å². The Labute approximate surface area is 113 Å². The third kappa shape index (κ3) is 4.06. The van der Waals surface area contributed by atoms with Crippen LogP contribution < -0.4 is 10.5 Å². The van der Waals surface area contributed by atoms with E-state index in [0.717, 1.165) is 0 Å². The molecule has 1 rings (SSSR count). The number of benzene rings is 1. The van der Waals surface area contributed by atoms with Gasteiger partial charge in [0.1, 0.15) is 11.9 Å². The summed E-state index contributed by atoms with van der Waals surface area (Å²) in [6.07, 6.45) is -0.110. The Balaban J connectivity index is 2.94. The molecule has 17 heavy (non-hydrogen) atoms. The summed E-state index contributed by atoms with van der Waals surface area (Å²) in [6, 6.07) is 5.11. The largest absolute Gasteiger partial charge is 0.487 e. The molecule has 1 aromatic rings. The van der Waals surface area contributed by atoms with Gasteiger partial charge in [-0.1, -0.05) is 44.0 Å². The van der Waals surface area contributed by atoms with E-state index >= 15 is 0 Å². The van der Waals surface area contributed by atoms with Crippen molar-refractivity contribution in [3.05, 3.63) is 28.2 Å². The van der Waals surface area contributed by atoms with Crippen LogP contribution in [0.2, 0.25) is 10.0 Å². The first kappa shape index (κ1) is 14.6. The molecule has 0 aromatic heterocycles. The molecule has 0 aliphatic heterocycles. The van der Waals surface area contributed by atoms with Gasteiger partial charge in [-0.25, -0.2) is 0 Å². The zero-order chi connectivity index (χ0) is 13.2. The van der Waals surface area contributed by atoms with Gasteiger partial charge in [0, 0.05) is 16.5 Å². The zero-order valence-corrected chi connectivity index (χ0v) is 12.1. The molecule has 2 unspecified atom stereocenters. The molecule has 96 valence electrons. The number of hydrogen-bond acceptors (Lipinski definition) is 2. The molecule has 2 atom stereocenters. The lowest BCUT2D eigenvalue weighted by molar-refractivity contribution is 0.0685. The summed E-state index contributed by atoms with van der Waals surface area (Å²) in [6.45, 7) is 8.19. The van der Waals surface area contributed by atoms with Gasteiger partial charge in [0.25, 0.3) is 0 Å². The minimum absolute atomic E-state index is 0.0584. The Hall–Kier alpha value is -0.440. The second kappa shape index (κ2) is 5.47. The lowest BCUT2D eigenvalue weighted by Gasteiger charge is -2.34. The molecule has 0 aliphatic rings. The van der Waals surface area contributed by atoms with E-state index in [4.69, 9.17) is 33.7 Å². The first-order valence-corrected chi connectivity index (χ1v) is 6.34. The standard InChI is InChI=1S/C13H19Cl2NO/c1-8(16)12(13(2,3)4)17-11-6-5-9(14)7-10(11)15/h5-8,12H,16H2,1-4H3. The third-order valence-electron chi connectivity index (χ3n) is 2.48. The van der Waals surface area contributed by atoms with Gasteiger partial charge in [0.15, 0.2) is 0 Å². The number of nitrogens with two attached hydrogens (primary N) is 1. The summed E-state index contributed by atoms with van der Waals surface area (Å²) in [5.74, 6) is 0.619. The smallest absolute Gasteiger partial charge is 0.138 e. The molecule has 2 N–H and O–H groups in total. The maximum Gasteiger partial charge on any atom is 0.138 e. The highest BCUT2D eigenvalue weighted by molar-refractivity contribution is 6.35. The van der Waals surface area contributed by atoms with Gasteiger partial charge in [0.2, 0.25) is 0 Å².